The van der Waals surface area contributed by atoms with Gasteiger partial charge in [-0.3, -0.25) is 14.6 Å². The average molecular weight is 559 g/mol. The summed E-state index contributed by atoms with van der Waals surface area (Å²) in [5.41, 5.74) is 1.31. The first-order chi connectivity index (χ1) is 15.1. The van der Waals surface area contributed by atoms with Gasteiger partial charge in [-0.05, 0) is 31.5 Å². The number of nitrogens with zero attached hydrogens (tertiary/aromatic N) is 4. The van der Waals surface area contributed by atoms with Crippen molar-refractivity contribution in [2.45, 2.75) is 18.9 Å². The molecule has 3 rings (SSSR count). The van der Waals surface area contributed by atoms with Crippen molar-refractivity contribution in [1.82, 2.24) is 25.3 Å². The molecular weight excluding hydrogens is 519 g/mol. The van der Waals surface area contributed by atoms with Gasteiger partial charge in [-0.25, -0.2) is 4.99 Å². The zero-order chi connectivity index (χ0) is 21.9. The molecule has 2 aliphatic rings. The van der Waals surface area contributed by atoms with Gasteiger partial charge in [-0.15, -0.1) is 24.0 Å². The highest BCUT2D eigenvalue weighted by molar-refractivity contribution is 14.0. The number of likely N-dealkylation sites (N-methyl/N-ethyl adjacent to an activating group) is 1. The Kier molecular flexibility index (Phi) is 12.3. The van der Waals surface area contributed by atoms with Crippen molar-refractivity contribution in [2.24, 2.45) is 4.99 Å². The Balaban J connectivity index is 0.00000363. The summed E-state index contributed by atoms with van der Waals surface area (Å²) >= 11 is 0. The third kappa shape index (κ3) is 8.84. The summed E-state index contributed by atoms with van der Waals surface area (Å²) in [6, 6.07) is 10.9. The van der Waals surface area contributed by atoms with E-state index in [0.717, 1.165) is 59.0 Å². The average Bonchev–Trinajstić information content (AvgIpc) is 3.33. The fourth-order valence-electron chi connectivity index (χ4n) is 4.00. The van der Waals surface area contributed by atoms with Crippen LogP contribution in [-0.4, -0.2) is 106 Å². The number of guanidine groups is 1. The molecule has 0 saturated carbocycles. The molecule has 0 aliphatic carbocycles. The second kappa shape index (κ2) is 14.7. The number of morpholine rings is 1. The molecule has 180 valence electrons. The molecule has 2 heterocycles. The second-order valence-electron chi connectivity index (χ2n) is 8.38. The number of ether oxygens (including phenoxy) is 1. The summed E-state index contributed by atoms with van der Waals surface area (Å²) in [4.78, 5) is 23.1. The highest BCUT2D eigenvalue weighted by Crippen LogP contribution is 2.24. The van der Waals surface area contributed by atoms with Crippen LogP contribution < -0.4 is 10.6 Å². The number of hydrogen-bond donors (Lipinski definition) is 2. The summed E-state index contributed by atoms with van der Waals surface area (Å²) in [5, 5.41) is 6.94. The second-order valence-corrected chi connectivity index (χ2v) is 8.38. The Morgan fingerprint density at radius 2 is 1.78 bits per heavy atom. The number of rotatable bonds is 9. The molecule has 1 aromatic carbocycles. The molecule has 32 heavy (non-hydrogen) atoms. The first-order valence-corrected chi connectivity index (χ1v) is 11.4. The maximum atomic E-state index is 12.1. The molecule has 9 heteroatoms. The van der Waals surface area contributed by atoms with E-state index in [4.69, 9.17) is 4.74 Å². The van der Waals surface area contributed by atoms with E-state index in [2.05, 4.69) is 55.8 Å². The Labute approximate surface area is 209 Å². The molecule has 1 aromatic rings. The number of halogens is 1. The van der Waals surface area contributed by atoms with Crippen LogP contribution in [-0.2, 0) is 9.53 Å². The number of carbonyl (C=O) groups excluding carboxylic acids is 1. The largest absolute Gasteiger partial charge is 0.379 e. The molecule has 0 radical (unpaired) electrons. The molecule has 8 nitrogen and oxygen atoms in total. The van der Waals surface area contributed by atoms with Crippen LogP contribution in [0.3, 0.4) is 0 Å². The topological polar surface area (TPSA) is 72.4 Å². The van der Waals surface area contributed by atoms with Gasteiger partial charge in [0.25, 0.3) is 0 Å². The number of amides is 1. The molecule has 0 aromatic heterocycles. The maximum Gasteiger partial charge on any atom is 0.243 e. The fourth-order valence-corrected chi connectivity index (χ4v) is 4.00. The lowest BCUT2D eigenvalue weighted by molar-refractivity contribution is -0.127. The molecule has 0 bridgehead atoms. The predicted octanol–water partition coefficient (Wildman–Crippen LogP) is 1.40. The van der Waals surface area contributed by atoms with Crippen LogP contribution in [0.5, 0.6) is 0 Å². The Morgan fingerprint density at radius 1 is 1.09 bits per heavy atom. The van der Waals surface area contributed by atoms with Crippen molar-refractivity contribution in [3.05, 3.63) is 35.9 Å². The monoisotopic (exact) mass is 558 g/mol. The first kappa shape index (κ1) is 26.8. The number of benzene rings is 1. The third-order valence-corrected chi connectivity index (χ3v) is 5.92. The number of nitrogens with one attached hydrogen (secondary N) is 2. The minimum Gasteiger partial charge on any atom is -0.379 e. The van der Waals surface area contributed by atoms with Crippen LogP contribution in [0.4, 0.5) is 0 Å². The van der Waals surface area contributed by atoms with Gasteiger partial charge in [0.15, 0.2) is 5.96 Å². The van der Waals surface area contributed by atoms with Crippen LogP contribution in [0.15, 0.2) is 35.3 Å². The van der Waals surface area contributed by atoms with Crippen LogP contribution in [0, 0.1) is 0 Å². The number of likely N-dealkylation sites (tertiary alicyclic amines) is 1. The van der Waals surface area contributed by atoms with Gasteiger partial charge < -0.3 is 20.3 Å². The van der Waals surface area contributed by atoms with Crippen molar-refractivity contribution < 1.29 is 9.53 Å². The number of carbonyl (C=O) groups is 1. The minimum atomic E-state index is -0.00608. The smallest absolute Gasteiger partial charge is 0.243 e. The van der Waals surface area contributed by atoms with Gasteiger partial charge >= 0.3 is 0 Å². The van der Waals surface area contributed by atoms with Crippen LogP contribution in [0.25, 0.3) is 0 Å². The van der Waals surface area contributed by atoms with Crippen molar-refractivity contribution in [2.75, 3.05) is 79.7 Å². The van der Waals surface area contributed by atoms with Gasteiger partial charge in [0.1, 0.15) is 6.54 Å². The van der Waals surface area contributed by atoms with Crippen LogP contribution >= 0.6 is 24.0 Å². The lowest BCUT2D eigenvalue weighted by atomic mass is 10.1. The van der Waals surface area contributed by atoms with Crippen molar-refractivity contribution in [3.63, 3.8) is 0 Å². The van der Waals surface area contributed by atoms with E-state index in [9.17, 15) is 4.79 Å². The lowest BCUT2D eigenvalue weighted by Gasteiger charge is -2.29. The highest BCUT2D eigenvalue weighted by atomic mass is 127. The Hall–Kier alpha value is -1.43. The summed E-state index contributed by atoms with van der Waals surface area (Å²) in [5.74, 6) is 0.692. The van der Waals surface area contributed by atoms with Gasteiger partial charge in [-0.2, -0.15) is 0 Å². The van der Waals surface area contributed by atoms with Gasteiger partial charge in [0.05, 0.1) is 19.3 Å². The van der Waals surface area contributed by atoms with Gasteiger partial charge in [0.2, 0.25) is 5.91 Å². The molecule has 2 aliphatic heterocycles. The summed E-state index contributed by atoms with van der Waals surface area (Å²) in [6.45, 7) is 8.37. The summed E-state index contributed by atoms with van der Waals surface area (Å²) < 4.78 is 5.43. The molecule has 2 fully saturated rings. The summed E-state index contributed by atoms with van der Waals surface area (Å²) in [6.07, 6.45) is 2.50. The van der Waals surface area contributed by atoms with Crippen molar-refractivity contribution in [1.29, 1.82) is 0 Å². The quantitative estimate of drug-likeness (QED) is 0.271. The van der Waals surface area contributed by atoms with E-state index in [1.807, 2.05) is 0 Å². The normalized spacial score (nSPS) is 18.6. The molecule has 1 atom stereocenters. The van der Waals surface area contributed by atoms with Gasteiger partial charge in [-0.1, -0.05) is 30.3 Å². The SMILES string of the molecule is CN(C)C(=O)CN=C(NCCN1CCOCC1)NCC(c1ccccc1)N1CCCC1.I. The zero-order valence-electron chi connectivity index (χ0n) is 19.5. The number of aliphatic imine (C=N–C) groups is 1. The Bertz CT molecular complexity index is 691. The standard InChI is InChI=1S/C23H38N6O2.HI/c1-27(2)22(30)19-26-23(24-10-13-28-14-16-31-17-15-28)25-18-21(29-11-6-7-12-29)20-8-4-3-5-9-20;/h3-5,8-9,21H,6-7,10-19H2,1-2H3,(H2,24,25,26);1H. The minimum absolute atomic E-state index is 0. The van der Waals surface area contributed by atoms with E-state index < -0.39 is 0 Å². The number of hydrogen-bond acceptors (Lipinski definition) is 5. The third-order valence-electron chi connectivity index (χ3n) is 5.92. The molecular formula is C23H39IN6O2. The zero-order valence-corrected chi connectivity index (χ0v) is 21.8. The van der Waals surface area contributed by atoms with E-state index in [1.54, 1.807) is 19.0 Å². The highest BCUT2D eigenvalue weighted by Gasteiger charge is 2.23. The van der Waals surface area contributed by atoms with E-state index in [1.165, 1.54) is 18.4 Å². The molecule has 0 spiro atoms. The van der Waals surface area contributed by atoms with Crippen LogP contribution in [0.1, 0.15) is 24.4 Å². The van der Waals surface area contributed by atoms with Gasteiger partial charge in [0, 0.05) is 46.8 Å². The summed E-state index contributed by atoms with van der Waals surface area (Å²) in [7, 11) is 3.52. The van der Waals surface area contributed by atoms with E-state index in [0.29, 0.717) is 12.0 Å². The predicted molar refractivity (Wildman–Crippen MR) is 140 cm³/mol. The Morgan fingerprint density at radius 3 is 2.44 bits per heavy atom. The van der Waals surface area contributed by atoms with Crippen molar-refractivity contribution in [3.8, 4) is 0 Å². The fraction of sp³-hybridized carbons (Fsp3) is 0.652. The molecule has 2 saturated heterocycles. The van der Waals surface area contributed by atoms with Crippen molar-refractivity contribution >= 4 is 35.8 Å². The lowest BCUT2D eigenvalue weighted by Crippen LogP contribution is -2.46. The molecule has 1 unspecified atom stereocenters. The van der Waals surface area contributed by atoms with Crippen LogP contribution in [0.2, 0.25) is 0 Å². The molecule has 2 N–H and O–H groups in total. The first-order valence-electron chi connectivity index (χ1n) is 11.4. The molecule has 1 amide bonds. The van der Waals surface area contributed by atoms with E-state index in [-0.39, 0.29) is 36.4 Å². The van der Waals surface area contributed by atoms with E-state index >= 15 is 0 Å². The maximum absolute atomic E-state index is 12.1.